The fourth-order valence-corrected chi connectivity index (χ4v) is 1.68. The van der Waals surface area contributed by atoms with Crippen LogP contribution in [0.3, 0.4) is 0 Å². The van der Waals surface area contributed by atoms with Gasteiger partial charge in [0.25, 0.3) is 6.43 Å². The van der Waals surface area contributed by atoms with Gasteiger partial charge in [-0.1, -0.05) is 0 Å². The van der Waals surface area contributed by atoms with Crippen LogP contribution >= 0.6 is 27.5 Å². The van der Waals surface area contributed by atoms with Gasteiger partial charge in [0.15, 0.2) is 0 Å². The molecule has 0 saturated carbocycles. The molecule has 1 aromatic rings. The van der Waals surface area contributed by atoms with Gasteiger partial charge in [0.05, 0.1) is 5.56 Å². The highest BCUT2D eigenvalue weighted by Crippen LogP contribution is 2.25. The molecule has 1 heterocycles. The molecule has 14 heavy (non-hydrogen) atoms. The SMILES string of the molecule is N#Cc1c(CCl)cc(C(F)F)nc1Br. The second kappa shape index (κ2) is 4.67. The second-order valence-corrected chi connectivity index (χ2v) is 3.44. The zero-order valence-corrected chi connectivity index (χ0v) is 9.11. The lowest BCUT2D eigenvalue weighted by Crippen LogP contribution is -1.97. The molecule has 74 valence electrons. The molecule has 0 radical (unpaired) electrons. The third kappa shape index (κ3) is 2.20. The zero-order chi connectivity index (χ0) is 10.7. The summed E-state index contributed by atoms with van der Waals surface area (Å²) in [5.74, 6) is 0.00370. The minimum absolute atomic E-state index is 0.00370. The summed E-state index contributed by atoms with van der Waals surface area (Å²) in [5.41, 5.74) is 0.169. The number of rotatable bonds is 2. The van der Waals surface area contributed by atoms with Crippen LogP contribution in [0.25, 0.3) is 0 Å². The maximum absolute atomic E-state index is 12.3. The summed E-state index contributed by atoms with van der Waals surface area (Å²) >= 11 is 8.46. The summed E-state index contributed by atoms with van der Waals surface area (Å²) < 4.78 is 24.7. The van der Waals surface area contributed by atoms with Gasteiger partial charge in [-0.15, -0.1) is 11.6 Å². The summed E-state index contributed by atoms with van der Waals surface area (Å²) in [6.45, 7) is 0. The van der Waals surface area contributed by atoms with Gasteiger partial charge in [0.1, 0.15) is 16.4 Å². The summed E-state index contributed by atoms with van der Waals surface area (Å²) in [6, 6.07) is 2.98. The monoisotopic (exact) mass is 280 g/mol. The molecule has 0 aliphatic rings. The molecule has 1 rings (SSSR count). The number of pyridine rings is 1. The summed E-state index contributed by atoms with van der Waals surface area (Å²) in [5, 5.41) is 8.69. The lowest BCUT2D eigenvalue weighted by molar-refractivity contribution is 0.146. The first-order valence-corrected chi connectivity index (χ1v) is 4.86. The first-order valence-electron chi connectivity index (χ1n) is 3.53. The summed E-state index contributed by atoms with van der Waals surface area (Å²) in [7, 11) is 0. The van der Waals surface area contributed by atoms with Crippen molar-refractivity contribution in [3.05, 3.63) is 27.5 Å². The molecule has 0 unspecified atom stereocenters. The van der Waals surface area contributed by atoms with Crippen LogP contribution < -0.4 is 0 Å². The van der Waals surface area contributed by atoms with Gasteiger partial charge in [0.2, 0.25) is 0 Å². The van der Waals surface area contributed by atoms with Crippen LogP contribution in [0.1, 0.15) is 23.2 Å². The van der Waals surface area contributed by atoms with E-state index in [0.29, 0.717) is 5.56 Å². The normalized spacial score (nSPS) is 10.3. The highest BCUT2D eigenvalue weighted by atomic mass is 79.9. The molecule has 1 aromatic heterocycles. The van der Waals surface area contributed by atoms with Crippen LogP contribution in [0, 0.1) is 11.3 Å². The molecule has 0 amide bonds. The van der Waals surface area contributed by atoms with Crippen LogP contribution in [0.15, 0.2) is 10.7 Å². The van der Waals surface area contributed by atoms with Crippen LogP contribution in [-0.2, 0) is 5.88 Å². The van der Waals surface area contributed by atoms with Gasteiger partial charge >= 0.3 is 0 Å². The number of hydrogen-bond donors (Lipinski definition) is 0. The number of nitrogens with zero attached hydrogens (tertiary/aromatic N) is 2. The molecule has 0 aliphatic heterocycles. The lowest BCUT2D eigenvalue weighted by atomic mass is 10.1. The Hall–Kier alpha value is -0.730. The Morgan fingerprint density at radius 3 is 2.71 bits per heavy atom. The van der Waals surface area contributed by atoms with E-state index >= 15 is 0 Å². The van der Waals surface area contributed by atoms with Crippen molar-refractivity contribution in [2.24, 2.45) is 0 Å². The Labute approximate surface area is 92.6 Å². The quantitative estimate of drug-likeness (QED) is 0.615. The third-order valence-corrected chi connectivity index (χ3v) is 2.42. The predicted molar refractivity (Wildman–Crippen MR) is 51.2 cm³/mol. The largest absolute Gasteiger partial charge is 0.280 e. The van der Waals surface area contributed by atoms with Crippen LogP contribution in [0.4, 0.5) is 8.78 Å². The second-order valence-electron chi connectivity index (χ2n) is 2.42. The first-order chi connectivity index (χ1) is 6.60. The Balaban J connectivity index is 3.33. The molecule has 0 spiro atoms. The summed E-state index contributed by atoms with van der Waals surface area (Å²) in [6.07, 6.45) is -2.67. The average Bonchev–Trinajstić information content (AvgIpc) is 2.16. The maximum atomic E-state index is 12.3. The van der Waals surface area contributed by atoms with Crippen molar-refractivity contribution in [2.75, 3.05) is 0 Å². The van der Waals surface area contributed by atoms with E-state index in [1.807, 2.05) is 6.07 Å². The Morgan fingerprint density at radius 2 is 2.29 bits per heavy atom. The van der Waals surface area contributed by atoms with Gasteiger partial charge < -0.3 is 0 Å². The Kier molecular flexibility index (Phi) is 3.78. The molecule has 2 nitrogen and oxygen atoms in total. The van der Waals surface area contributed by atoms with E-state index in [2.05, 4.69) is 20.9 Å². The van der Waals surface area contributed by atoms with E-state index in [4.69, 9.17) is 16.9 Å². The van der Waals surface area contributed by atoms with Crippen molar-refractivity contribution in [3.8, 4) is 6.07 Å². The van der Waals surface area contributed by atoms with Crippen molar-refractivity contribution < 1.29 is 8.78 Å². The fourth-order valence-electron chi connectivity index (χ4n) is 0.920. The van der Waals surface area contributed by atoms with Crippen molar-refractivity contribution in [2.45, 2.75) is 12.3 Å². The predicted octanol–water partition coefficient (Wildman–Crippen LogP) is 3.39. The fraction of sp³-hybridized carbons (Fsp3) is 0.250. The van der Waals surface area contributed by atoms with Crippen LogP contribution in [0.2, 0.25) is 0 Å². The topological polar surface area (TPSA) is 36.7 Å². The van der Waals surface area contributed by atoms with E-state index < -0.39 is 6.43 Å². The van der Waals surface area contributed by atoms with Crippen molar-refractivity contribution >= 4 is 27.5 Å². The molecule has 0 atom stereocenters. The van der Waals surface area contributed by atoms with E-state index in [1.54, 1.807) is 0 Å². The lowest BCUT2D eigenvalue weighted by Gasteiger charge is -2.05. The number of halogens is 4. The summed E-state index contributed by atoms with van der Waals surface area (Å²) in [4.78, 5) is 3.54. The van der Waals surface area contributed by atoms with E-state index in [9.17, 15) is 8.78 Å². The molecule has 0 aromatic carbocycles. The van der Waals surface area contributed by atoms with Crippen molar-refractivity contribution in [1.29, 1.82) is 5.26 Å². The van der Waals surface area contributed by atoms with E-state index in [0.717, 1.165) is 6.07 Å². The molecule has 0 aliphatic carbocycles. The number of nitriles is 1. The molecule has 6 heteroatoms. The first kappa shape index (κ1) is 11.3. The maximum Gasteiger partial charge on any atom is 0.280 e. The Bertz CT molecular complexity index is 390. The Morgan fingerprint density at radius 1 is 1.64 bits per heavy atom. The average molecular weight is 281 g/mol. The minimum atomic E-state index is -2.67. The number of aromatic nitrogens is 1. The van der Waals surface area contributed by atoms with Gasteiger partial charge in [0, 0.05) is 5.88 Å². The van der Waals surface area contributed by atoms with Gasteiger partial charge in [-0.25, -0.2) is 13.8 Å². The zero-order valence-electron chi connectivity index (χ0n) is 6.77. The molecule has 0 fully saturated rings. The highest BCUT2D eigenvalue weighted by molar-refractivity contribution is 9.10. The minimum Gasteiger partial charge on any atom is -0.239 e. The van der Waals surface area contributed by atoms with Gasteiger partial charge in [-0.2, -0.15) is 5.26 Å². The van der Waals surface area contributed by atoms with Crippen molar-refractivity contribution in [3.63, 3.8) is 0 Å². The third-order valence-electron chi connectivity index (χ3n) is 1.56. The molecule has 0 N–H and O–H groups in total. The highest BCUT2D eigenvalue weighted by Gasteiger charge is 2.15. The smallest absolute Gasteiger partial charge is 0.239 e. The molecular weight excluding hydrogens is 277 g/mol. The van der Waals surface area contributed by atoms with E-state index in [-0.39, 0.29) is 21.7 Å². The molecule has 0 bridgehead atoms. The van der Waals surface area contributed by atoms with Crippen LogP contribution in [0.5, 0.6) is 0 Å². The number of hydrogen-bond acceptors (Lipinski definition) is 2. The van der Waals surface area contributed by atoms with Gasteiger partial charge in [-0.3, -0.25) is 0 Å². The molecular formula is C8H4BrClF2N2. The molecule has 0 saturated heterocycles. The van der Waals surface area contributed by atoms with Gasteiger partial charge in [-0.05, 0) is 27.6 Å². The number of alkyl halides is 3. The standard InChI is InChI=1S/C8H4BrClF2N2/c9-7-5(3-13)4(2-10)1-6(14-7)8(11)12/h1,8H,2H2. The van der Waals surface area contributed by atoms with Crippen LogP contribution in [-0.4, -0.2) is 4.98 Å². The van der Waals surface area contributed by atoms with Crippen molar-refractivity contribution in [1.82, 2.24) is 4.98 Å². The van der Waals surface area contributed by atoms with E-state index in [1.165, 1.54) is 0 Å².